The molecule has 2 N–H and O–H groups in total. The van der Waals surface area contributed by atoms with Crippen molar-refractivity contribution < 1.29 is 18.0 Å². The highest BCUT2D eigenvalue weighted by molar-refractivity contribution is 5.85. The van der Waals surface area contributed by atoms with Gasteiger partial charge in [0, 0.05) is 44.1 Å². The number of piperidine rings is 1. The number of hydrogen-bond acceptors (Lipinski definition) is 9. The maximum absolute atomic E-state index is 14.3. The summed E-state index contributed by atoms with van der Waals surface area (Å²) >= 11 is 0. The average Bonchev–Trinajstić information content (AvgIpc) is 3.53. The Bertz CT molecular complexity index is 1170. The van der Waals surface area contributed by atoms with E-state index in [9.17, 15) is 8.78 Å². The van der Waals surface area contributed by atoms with Gasteiger partial charge in [0.1, 0.15) is 0 Å². The summed E-state index contributed by atoms with van der Waals surface area (Å²) in [5, 5.41) is 4.04. The van der Waals surface area contributed by atoms with Gasteiger partial charge >= 0.3 is 6.01 Å². The number of halogens is 3. The molecule has 2 aliphatic rings. The molecule has 9 nitrogen and oxygen atoms in total. The van der Waals surface area contributed by atoms with Crippen LogP contribution >= 0.6 is 12.4 Å². The van der Waals surface area contributed by atoms with E-state index >= 15 is 0 Å². The number of aromatic nitrogens is 4. The molecule has 1 aromatic carbocycles. The summed E-state index contributed by atoms with van der Waals surface area (Å²) in [6, 6.07) is 4.43. The zero-order valence-electron chi connectivity index (χ0n) is 20.9. The van der Waals surface area contributed by atoms with Crippen LogP contribution in [0.1, 0.15) is 49.9 Å². The normalized spacial score (nSPS) is 20.4. The third kappa shape index (κ3) is 5.93. The van der Waals surface area contributed by atoms with Gasteiger partial charge in [-0.2, -0.15) is 4.98 Å². The van der Waals surface area contributed by atoms with Crippen molar-refractivity contribution in [3.8, 4) is 5.75 Å². The van der Waals surface area contributed by atoms with E-state index in [4.69, 9.17) is 15.0 Å². The van der Waals surface area contributed by atoms with E-state index in [1.165, 1.54) is 6.07 Å². The van der Waals surface area contributed by atoms with Gasteiger partial charge in [0.25, 0.3) is 0 Å². The van der Waals surface area contributed by atoms with E-state index in [0.29, 0.717) is 43.3 Å². The molecule has 3 aromatic rings. The van der Waals surface area contributed by atoms with Crippen LogP contribution in [0.4, 0.5) is 20.7 Å². The highest BCUT2D eigenvalue weighted by Gasteiger charge is 2.35. The average molecular weight is 536 g/mol. The van der Waals surface area contributed by atoms with Gasteiger partial charge in [-0.25, -0.2) is 18.7 Å². The van der Waals surface area contributed by atoms with Crippen molar-refractivity contribution >= 4 is 24.4 Å². The Balaban J connectivity index is 0.00000320. The molecule has 2 aliphatic heterocycles. The summed E-state index contributed by atoms with van der Waals surface area (Å²) in [6.07, 6.45) is 5.21. The number of nitrogens with two attached hydrogens (primary N) is 1. The second kappa shape index (κ2) is 11.6. The minimum Gasteiger partial charge on any atom is -0.490 e. The molecule has 0 unspecified atom stereocenters. The third-order valence-corrected chi connectivity index (χ3v) is 6.96. The lowest BCUT2D eigenvalue weighted by molar-refractivity contribution is 0.219. The van der Waals surface area contributed by atoms with Crippen molar-refractivity contribution in [2.75, 3.05) is 42.6 Å². The molecule has 2 atom stereocenters. The third-order valence-electron chi connectivity index (χ3n) is 6.96. The van der Waals surface area contributed by atoms with Crippen LogP contribution in [-0.4, -0.2) is 58.9 Å². The van der Waals surface area contributed by atoms with Gasteiger partial charge in [-0.1, -0.05) is 31.1 Å². The second-order valence-corrected chi connectivity index (χ2v) is 9.87. The Hall–Kier alpha value is -3.05. The SMILES string of the molecule is CC(C)c1noc(N2CCC(COc3cnc(N4C[C@H](c5cccc(F)c5F)[C@@H](N)C4)nc3)CC2)n1.Cl. The smallest absolute Gasteiger partial charge is 0.324 e. The second-order valence-electron chi connectivity index (χ2n) is 9.87. The largest absolute Gasteiger partial charge is 0.490 e. The predicted molar refractivity (Wildman–Crippen MR) is 137 cm³/mol. The summed E-state index contributed by atoms with van der Waals surface area (Å²) in [5.74, 6) is 0.418. The van der Waals surface area contributed by atoms with Crippen molar-refractivity contribution in [3.63, 3.8) is 0 Å². The van der Waals surface area contributed by atoms with Crippen LogP contribution < -0.4 is 20.3 Å². The number of ether oxygens (including phenoxy) is 1. The van der Waals surface area contributed by atoms with Crippen molar-refractivity contribution in [3.05, 3.63) is 53.6 Å². The number of anilines is 2. The minimum atomic E-state index is -0.864. The predicted octanol–water partition coefficient (Wildman–Crippen LogP) is 3.91. The van der Waals surface area contributed by atoms with Crippen LogP contribution in [0.2, 0.25) is 0 Å². The summed E-state index contributed by atoms with van der Waals surface area (Å²) < 4.78 is 39.3. The van der Waals surface area contributed by atoms with E-state index in [-0.39, 0.29) is 35.8 Å². The molecule has 37 heavy (non-hydrogen) atoms. The number of hydrogen-bond donors (Lipinski definition) is 1. The fraction of sp³-hybridized carbons (Fsp3) is 0.520. The zero-order valence-corrected chi connectivity index (χ0v) is 21.7. The lowest BCUT2D eigenvalue weighted by Gasteiger charge is -2.30. The standard InChI is InChI=1S/C25H31F2N7O2.ClH/c1-15(2)23-31-25(36-32-23)33-8-6-16(7-9-33)14-35-17-10-29-24(30-11-17)34-12-19(21(28)13-34)18-4-3-5-20(26)22(18)27;/h3-5,10-11,15-16,19,21H,6-9,12-14,28H2,1-2H3;1H/t19-,21+;/m1./s1. The Labute approximate surface area is 220 Å². The van der Waals surface area contributed by atoms with Gasteiger partial charge in [0.2, 0.25) is 5.95 Å². The van der Waals surface area contributed by atoms with Crippen molar-refractivity contribution in [2.45, 2.75) is 44.6 Å². The van der Waals surface area contributed by atoms with Crippen molar-refractivity contribution in [1.29, 1.82) is 0 Å². The van der Waals surface area contributed by atoms with Gasteiger partial charge in [-0.15, -0.1) is 12.4 Å². The van der Waals surface area contributed by atoms with Crippen LogP contribution in [0.25, 0.3) is 0 Å². The fourth-order valence-corrected chi connectivity index (χ4v) is 4.77. The van der Waals surface area contributed by atoms with Crippen LogP contribution in [0.5, 0.6) is 5.75 Å². The van der Waals surface area contributed by atoms with Crippen LogP contribution in [0.3, 0.4) is 0 Å². The number of nitrogens with zero attached hydrogens (tertiary/aromatic N) is 6. The topological polar surface area (TPSA) is 106 Å². The van der Waals surface area contributed by atoms with E-state index in [1.54, 1.807) is 18.5 Å². The van der Waals surface area contributed by atoms with E-state index in [2.05, 4.69) is 25.0 Å². The van der Waals surface area contributed by atoms with Crippen LogP contribution in [-0.2, 0) is 0 Å². The fourth-order valence-electron chi connectivity index (χ4n) is 4.77. The van der Waals surface area contributed by atoms with Crippen molar-refractivity contribution in [2.24, 2.45) is 11.7 Å². The summed E-state index contributed by atoms with van der Waals surface area (Å²) in [5.41, 5.74) is 6.54. The molecule has 2 aromatic heterocycles. The molecular weight excluding hydrogens is 504 g/mol. The van der Waals surface area contributed by atoms with Gasteiger partial charge in [0.05, 0.1) is 19.0 Å². The lowest BCUT2D eigenvalue weighted by atomic mass is 9.94. The van der Waals surface area contributed by atoms with Gasteiger partial charge < -0.3 is 24.8 Å². The molecular formula is C25H32ClF2N7O2. The number of rotatable bonds is 7. The molecule has 200 valence electrons. The number of benzene rings is 1. The molecule has 2 saturated heterocycles. The quantitative estimate of drug-likeness (QED) is 0.482. The highest BCUT2D eigenvalue weighted by atomic mass is 35.5. The first-order valence-corrected chi connectivity index (χ1v) is 12.4. The molecule has 2 fully saturated rings. The molecule has 0 saturated carbocycles. The molecule has 0 spiro atoms. The Morgan fingerprint density at radius 1 is 1.11 bits per heavy atom. The molecule has 5 rings (SSSR count). The Kier molecular flexibility index (Phi) is 8.43. The first kappa shape index (κ1) is 27.0. The summed E-state index contributed by atoms with van der Waals surface area (Å²) in [4.78, 5) is 17.3. The lowest BCUT2D eigenvalue weighted by Crippen LogP contribution is -2.35. The summed E-state index contributed by atoms with van der Waals surface area (Å²) in [6.45, 7) is 7.21. The first-order valence-electron chi connectivity index (χ1n) is 12.4. The molecule has 0 aliphatic carbocycles. The van der Waals surface area contributed by atoms with Gasteiger partial charge in [-0.3, -0.25) is 0 Å². The van der Waals surface area contributed by atoms with Gasteiger partial charge in [-0.05, 0) is 30.4 Å². The minimum absolute atomic E-state index is 0. The maximum Gasteiger partial charge on any atom is 0.324 e. The molecule has 0 amide bonds. The Morgan fingerprint density at radius 2 is 1.84 bits per heavy atom. The van der Waals surface area contributed by atoms with Crippen LogP contribution in [0, 0.1) is 17.6 Å². The van der Waals surface area contributed by atoms with Crippen molar-refractivity contribution in [1.82, 2.24) is 20.1 Å². The van der Waals surface area contributed by atoms with E-state index in [0.717, 1.165) is 37.8 Å². The zero-order chi connectivity index (χ0) is 25.2. The molecule has 0 bridgehead atoms. The molecule has 12 heteroatoms. The maximum atomic E-state index is 14.3. The molecule has 4 heterocycles. The van der Waals surface area contributed by atoms with Gasteiger partial charge in [0.15, 0.2) is 23.2 Å². The highest BCUT2D eigenvalue weighted by Crippen LogP contribution is 2.31. The van der Waals surface area contributed by atoms with E-state index < -0.39 is 11.6 Å². The Morgan fingerprint density at radius 3 is 2.51 bits per heavy atom. The first-order chi connectivity index (χ1) is 17.4. The van der Waals surface area contributed by atoms with E-state index in [1.807, 2.05) is 18.7 Å². The van der Waals surface area contributed by atoms with Crippen LogP contribution in [0.15, 0.2) is 35.1 Å². The monoisotopic (exact) mass is 535 g/mol. The summed E-state index contributed by atoms with van der Waals surface area (Å²) in [7, 11) is 0. The molecule has 0 radical (unpaired) electrons.